The Hall–Kier alpha value is -0.540. The molecule has 1 atom stereocenters. The first-order valence-corrected chi connectivity index (χ1v) is 4.07. The van der Waals surface area contributed by atoms with Crippen LogP contribution in [0, 0.1) is 0 Å². The smallest absolute Gasteiger partial charge is 0.374 e. The number of halogens is 6. The van der Waals surface area contributed by atoms with E-state index in [-0.39, 0.29) is 0 Å². The molecule has 1 unspecified atom stereocenters. The van der Waals surface area contributed by atoms with Crippen LogP contribution in [0.2, 0.25) is 0 Å². The first-order chi connectivity index (χ1) is 6.92. The molecule has 98 valence electrons. The largest absolute Gasteiger partial charge is 0.426 e. The minimum atomic E-state index is -5.85. The summed E-state index contributed by atoms with van der Waals surface area (Å²) in [5.74, 6) is 0. The van der Waals surface area contributed by atoms with Crippen molar-refractivity contribution in [2.45, 2.75) is 37.6 Å². The highest BCUT2D eigenvalue weighted by Gasteiger charge is 2.69. The van der Waals surface area contributed by atoms with E-state index in [9.17, 15) is 26.3 Å². The van der Waals surface area contributed by atoms with E-state index < -0.39 is 37.3 Å². The average molecular weight is 256 g/mol. The molecule has 0 aromatic rings. The Bertz CT molecular complexity index is 207. The molecule has 3 nitrogen and oxygen atoms in total. The zero-order valence-corrected chi connectivity index (χ0v) is 8.06. The van der Waals surface area contributed by atoms with Gasteiger partial charge >= 0.3 is 12.4 Å². The van der Waals surface area contributed by atoms with Crippen molar-refractivity contribution >= 4 is 0 Å². The zero-order chi connectivity index (χ0) is 13.2. The van der Waals surface area contributed by atoms with Crippen molar-refractivity contribution in [1.29, 1.82) is 0 Å². The number of ether oxygens (including phenoxy) is 1. The predicted octanol–water partition coefficient (Wildman–Crippen LogP) is 1.59. The van der Waals surface area contributed by atoms with Crippen LogP contribution in [0.25, 0.3) is 0 Å². The molecule has 2 N–H and O–H groups in total. The van der Waals surface area contributed by atoms with Gasteiger partial charge in [-0.2, -0.15) is 26.3 Å². The van der Waals surface area contributed by atoms with Crippen LogP contribution in [0.15, 0.2) is 0 Å². The van der Waals surface area contributed by atoms with Gasteiger partial charge in [-0.05, 0) is 6.92 Å². The van der Waals surface area contributed by atoms with Gasteiger partial charge in [0.1, 0.15) is 0 Å². The van der Waals surface area contributed by atoms with Crippen LogP contribution in [0.1, 0.15) is 13.3 Å². The molecule has 0 aromatic carbocycles. The van der Waals surface area contributed by atoms with Crippen LogP contribution >= 0.6 is 0 Å². The van der Waals surface area contributed by atoms with E-state index in [0.717, 1.165) is 6.92 Å². The molecule has 0 saturated heterocycles. The first-order valence-electron chi connectivity index (χ1n) is 4.07. The van der Waals surface area contributed by atoms with E-state index >= 15 is 0 Å². The van der Waals surface area contributed by atoms with Crippen molar-refractivity contribution < 1.29 is 41.3 Å². The Kier molecular flexibility index (Phi) is 4.60. The maximum atomic E-state index is 12.0. The van der Waals surface area contributed by atoms with Crippen LogP contribution < -0.4 is 0 Å². The molecule has 0 aliphatic carbocycles. The molecule has 0 heterocycles. The number of hydrogen-bond donors (Lipinski definition) is 2. The van der Waals surface area contributed by atoms with E-state index in [1.165, 1.54) is 0 Å². The van der Waals surface area contributed by atoms with Crippen LogP contribution in [0.5, 0.6) is 0 Å². The molecule has 0 fully saturated rings. The number of aliphatic hydroxyl groups excluding tert-OH is 1. The summed E-state index contributed by atoms with van der Waals surface area (Å²) in [6.07, 6.45) is -14.9. The Morgan fingerprint density at radius 3 is 1.69 bits per heavy atom. The van der Waals surface area contributed by atoms with Crippen LogP contribution in [-0.4, -0.2) is 41.1 Å². The van der Waals surface area contributed by atoms with Crippen molar-refractivity contribution in [1.82, 2.24) is 0 Å². The summed E-state index contributed by atoms with van der Waals surface area (Å²) in [5, 5.41) is 17.1. The summed E-state index contributed by atoms with van der Waals surface area (Å²) >= 11 is 0. The minimum absolute atomic E-state index is 1.01. The van der Waals surface area contributed by atoms with Gasteiger partial charge in [-0.1, -0.05) is 0 Å². The van der Waals surface area contributed by atoms with Crippen molar-refractivity contribution in [2.24, 2.45) is 0 Å². The van der Waals surface area contributed by atoms with Gasteiger partial charge in [0.2, 0.25) is 0 Å². The van der Waals surface area contributed by atoms with E-state index in [1.807, 2.05) is 0 Å². The Labute approximate surface area is 86.6 Å². The predicted molar refractivity (Wildman–Crippen MR) is 39.3 cm³/mol. The second-order valence-corrected chi connectivity index (χ2v) is 3.08. The highest BCUT2D eigenvalue weighted by atomic mass is 19.4. The highest BCUT2D eigenvalue weighted by molar-refractivity contribution is 4.93. The van der Waals surface area contributed by atoms with E-state index in [2.05, 4.69) is 4.74 Å². The standard InChI is InChI=1S/C7H10F6O3/c1-4(14)16-3-2-5(15,6(8,9)10)7(11,12)13/h4,14-15H,2-3H2,1H3. The van der Waals surface area contributed by atoms with Crippen molar-refractivity contribution in [2.75, 3.05) is 6.61 Å². The minimum Gasteiger partial charge on any atom is -0.374 e. The first kappa shape index (κ1) is 15.5. The van der Waals surface area contributed by atoms with Gasteiger partial charge in [0.25, 0.3) is 5.60 Å². The summed E-state index contributed by atoms with van der Waals surface area (Å²) in [5.41, 5.74) is -4.82. The summed E-state index contributed by atoms with van der Waals surface area (Å²) in [6, 6.07) is 0. The lowest BCUT2D eigenvalue weighted by Crippen LogP contribution is -2.57. The number of alkyl halides is 6. The van der Waals surface area contributed by atoms with Gasteiger partial charge in [0.15, 0.2) is 6.29 Å². The Balaban J connectivity index is 4.71. The molecular weight excluding hydrogens is 246 g/mol. The molecule has 0 aliphatic heterocycles. The molecule has 0 spiro atoms. The summed E-state index contributed by atoms with van der Waals surface area (Å²) in [6.45, 7) is -0.0621. The summed E-state index contributed by atoms with van der Waals surface area (Å²) in [7, 11) is 0. The van der Waals surface area contributed by atoms with Gasteiger partial charge in [0, 0.05) is 6.42 Å². The van der Waals surface area contributed by atoms with Gasteiger partial charge < -0.3 is 14.9 Å². The Morgan fingerprint density at radius 1 is 1.06 bits per heavy atom. The topological polar surface area (TPSA) is 49.7 Å². The normalized spacial score (nSPS) is 16.3. The lowest BCUT2D eigenvalue weighted by molar-refractivity contribution is -0.372. The average Bonchev–Trinajstić information content (AvgIpc) is 1.98. The second kappa shape index (κ2) is 4.76. The molecule has 0 saturated carbocycles. The molecule has 0 aromatic heterocycles. The van der Waals surface area contributed by atoms with E-state index in [0.29, 0.717) is 0 Å². The second-order valence-electron chi connectivity index (χ2n) is 3.08. The molecular formula is C7H10F6O3. The molecule has 0 amide bonds. The van der Waals surface area contributed by atoms with Gasteiger partial charge in [-0.15, -0.1) is 0 Å². The molecule has 0 aliphatic rings. The molecule has 0 bridgehead atoms. The fraction of sp³-hybridized carbons (Fsp3) is 1.00. The lowest BCUT2D eigenvalue weighted by Gasteiger charge is -2.32. The zero-order valence-electron chi connectivity index (χ0n) is 8.06. The third-order valence-electron chi connectivity index (χ3n) is 1.76. The SMILES string of the molecule is CC(O)OCCC(O)(C(F)(F)F)C(F)(F)F. The fourth-order valence-electron chi connectivity index (χ4n) is 0.821. The molecule has 0 radical (unpaired) electrons. The highest BCUT2D eigenvalue weighted by Crippen LogP contribution is 2.45. The quantitative estimate of drug-likeness (QED) is 0.593. The van der Waals surface area contributed by atoms with Gasteiger partial charge in [-0.25, -0.2) is 0 Å². The van der Waals surface area contributed by atoms with Gasteiger partial charge in [0.05, 0.1) is 6.61 Å². The summed E-state index contributed by atoms with van der Waals surface area (Å²) < 4.78 is 76.3. The number of rotatable bonds is 4. The number of aliphatic hydroxyl groups is 2. The van der Waals surface area contributed by atoms with Crippen molar-refractivity contribution in [3.05, 3.63) is 0 Å². The monoisotopic (exact) mass is 256 g/mol. The third kappa shape index (κ3) is 3.49. The maximum absolute atomic E-state index is 12.0. The van der Waals surface area contributed by atoms with E-state index in [1.54, 1.807) is 0 Å². The molecule has 16 heavy (non-hydrogen) atoms. The maximum Gasteiger partial charge on any atom is 0.426 e. The third-order valence-corrected chi connectivity index (χ3v) is 1.76. The summed E-state index contributed by atoms with van der Waals surface area (Å²) in [4.78, 5) is 0. The van der Waals surface area contributed by atoms with Crippen LogP contribution in [-0.2, 0) is 4.74 Å². The van der Waals surface area contributed by atoms with Crippen molar-refractivity contribution in [3.8, 4) is 0 Å². The van der Waals surface area contributed by atoms with E-state index in [4.69, 9.17) is 10.2 Å². The van der Waals surface area contributed by atoms with Crippen molar-refractivity contribution in [3.63, 3.8) is 0 Å². The van der Waals surface area contributed by atoms with Crippen LogP contribution in [0.3, 0.4) is 0 Å². The van der Waals surface area contributed by atoms with Crippen LogP contribution in [0.4, 0.5) is 26.3 Å². The fourth-order valence-corrected chi connectivity index (χ4v) is 0.821. The molecule has 9 heteroatoms. The number of hydrogen-bond acceptors (Lipinski definition) is 3. The Morgan fingerprint density at radius 2 is 1.44 bits per heavy atom. The lowest BCUT2D eigenvalue weighted by atomic mass is 9.99. The van der Waals surface area contributed by atoms with Gasteiger partial charge in [-0.3, -0.25) is 0 Å². The molecule has 0 rings (SSSR count).